The van der Waals surface area contributed by atoms with Crippen LogP contribution in [0.1, 0.15) is 25.5 Å². The minimum atomic E-state index is -1.03. The molecule has 1 heterocycles. The molecule has 86 valence electrons. The molecule has 0 amide bonds. The van der Waals surface area contributed by atoms with E-state index in [9.17, 15) is 9.59 Å². The van der Waals surface area contributed by atoms with Gasteiger partial charge in [-0.25, -0.2) is 9.97 Å². The van der Waals surface area contributed by atoms with Crippen LogP contribution in [0.3, 0.4) is 0 Å². The summed E-state index contributed by atoms with van der Waals surface area (Å²) < 4.78 is 4.80. The number of hydrogen-bond acceptors (Lipinski definition) is 5. The molecule has 0 aliphatic carbocycles. The number of rotatable bonds is 4. The van der Waals surface area contributed by atoms with Gasteiger partial charge in [0.2, 0.25) is 0 Å². The Morgan fingerprint density at radius 2 is 2.19 bits per heavy atom. The molecule has 16 heavy (non-hydrogen) atoms. The van der Waals surface area contributed by atoms with E-state index in [4.69, 9.17) is 16.3 Å². The smallest absolute Gasteiger partial charge is 0.322 e. The predicted molar refractivity (Wildman–Crippen MR) is 57.1 cm³/mol. The number of halogens is 1. The maximum Gasteiger partial charge on any atom is 0.322 e. The quantitative estimate of drug-likeness (QED) is 0.453. The largest absolute Gasteiger partial charge is 0.465 e. The normalized spacial score (nSPS) is 11.9. The second kappa shape index (κ2) is 5.55. The molecule has 0 N–H and O–H groups in total. The fraction of sp³-hybridized carbons (Fsp3) is 0.400. The maximum atomic E-state index is 11.5. The third-order valence-electron chi connectivity index (χ3n) is 1.88. The van der Waals surface area contributed by atoms with Gasteiger partial charge in [0, 0.05) is 0 Å². The van der Waals surface area contributed by atoms with Crippen molar-refractivity contribution in [2.24, 2.45) is 0 Å². The van der Waals surface area contributed by atoms with Gasteiger partial charge in [-0.3, -0.25) is 9.59 Å². The SMILES string of the molecule is CCOC(=O)[C@@H](C(C)=O)c1cc(Cl)ncn1. The first kappa shape index (κ1) is 12.6. The zero-order chi connectivity index (χ0) is 12.1. The van der Waals surface area contributed by atoms with Crippen LogP contribution in [0.2, 0.25) is 5.15 Å². The molecule has 0 bridgehead atoms. The zero-order valence-electron chi connectivity index (χ0n) is 8.94. The van der Waals surface area contributed by atoms with E-state index in [1.54, 1.807) is 6.92 Å². The third kappa shape index (κ3) is 3.00. The van der Waals surface area contributed by atoms with E-state index in [1.165, 1.54) is 19.3 Å². The number of ether oxygens (including phenoxy) is 1. The van der Waals surface area contributed by atoms with Gasteiger partial charge in [-0.15, -0.1) is 0 Å². The first-order chi connectivity index (χ1) is 7.56. The van der Waals surface area contributed by atoms with Crippen molar-refractivity contribution in [2.75, 3.05) is 6.61 Å². The number of ketones is 1. The van der Waals surface area contributed by atoms with Gasteiger partial charge >= 0.3 is 5.97 Å². The number of carbonyl (C=O) groups is 2. The molecule has 1 aromatic rings. The molecule has 0 aliphatic heterocycles. The summed E-state index contributed by atoms with van der Waals surface area (Å²) in [7, 11) is 0. The standard InChI is InChI=1S/C10H11ClN2O3/c1-3-16-10(15)9(6(2)14)7-4-8(11)13-5-12-7/h4-5,9H,3H2,1-2H3/t9-/m0/s1. The van der Waals surface area contributed by atoms with Crippen molar-refractivity contribution in [3.63, 3.8) is 0 Å². The molecule has 0 unspecified atom stereocenters. The van der Waals surface area contributed by atoms with Crippen LogP contribution in [-0.2, 0) is 14.3 Å². The molecule has 0 saturated carbocycles. The summed E-state index contributed by atoms with van der Waals surface area (Å²) in [6, 6.07) is 1.38. The molecule has 0 aliphatic rings. The van der Waals surface area contributed by atoms with Gasteiger partial charge in [-0.1, -0.05) is 11.6 Å². The number of aromatic nitrogens is 2. The number of hydrogen-bond donors (Lipinski definition) is 0. The van der Waals surface area contributed by atoms with Crippen molar-refractivity contribution in [2.45, 2.75) is 19.8 Å². The van der Waals surface area contributed by atoms with Crippen molar-refractivity contribution in [1.82, 2.24) is 9.97 Å². The van der Waals surface area contributed by atoms with Crippen molar-refractivity contribution in [1.29, 1.82) is 0 Å². The topological polar surface area (TPSA) is 69.2 Å². The van der Waals surface area contributed by atoms with Crippen LogP contribution in [0.5, 0.6) is 0 Å². The van der Waals surface area contributed by atoms with E-state index < -0.39 is 11.9 Å². The highest BCUT2D eigenvalue weighted by Gasteiger charge is 2.28. The molecule has 0 fully saturated rings. The lowest BCUT2D eigenvalue weighted by molar-refractivity contribution is -0.147. The molecule has 0 radical (unpaired) electrons. The third-order valence-corrected chi connectivity index (χ3v) is 2.09. The summed E-state index contributed by atoms with van der Waals surface area (Å²) in [5.41, 5.74) is 0.256. The maximum absolute atomic E-state index is 11.5. The molecule has 0 saturated heterocycles. The van der Waals surface area contributed by atoms with Crippen LogP contribution in [0, 0.1) is 0 Å². The Morgan fingerprint density at radius 3 is 2.69 bits per heavy atom. The molecule has 1 atom stereocenters. The van der Waals surface area contributed by atoms with Crippen molar-refractivity contribution in [3.05, 3.63) is 23.2 Å². The van der Waals surface area contributed by atoms with E-state index in [0.29, 0.717) is 0 Å². The summed E-state index contributed by atoms with van der Waals surface area (Å²) in [6.45, 7) is 3.18. The highest BCUT2D eigenvalue weighted by Crippen LogP contribution is 2.18. The molecule has 5 nitrogen and oxygen atoms in total. The molecular weight excluding hydrogens is 232 g/mol. The molecule has 1 rings (SSSR count). The van der Waals surface area contributed by atoms with Crippen molar-refractivity contribution in [3.8, 4) is 0 Å². The van der Waals surface area contributed by atoms with Crippen molar-refractivity contribution < 1.29 is 14.3 Å². The molecule has 0 spiro atoms. The van der Waals surface area contributed by atoms with Gasteiger partial charge in [0.1, 0.15) is 17.3 Å². The summed E-state index contributed by atoms with van der Waals surface area (Å²) in [5, 5.41) is 0.181. The second-order valence-electron chi connectivity index (χ2n) is 3.06. The van der Waals surface area contributed by atoms with Crippen LogP contribution in [0.25, 0.3) is 0 Å². The van der Waals surface area contributed by atoms with Crippen LogP contribution in [0.4, 0.5) is 0 Å². The van der Waals surface area contributed by atoms with Gasteiger partial charge in [-0.05, 0) is 19.9 Å². The Kier molecular flexibility index (Phi) is 4.37. The van der Waals surface area contributed by atoms with E-state index in [0.717, 1.165) is 0 Å². The lowest BCUT2D eigenvalue weighted by Gasteiger charge is -2.11. The fourth-order valence-corrected chi connectivity index (χ4v) is 1.38. The summed E-state index contributed by atoms with van der Waals surface area (Å²) in [6.07, 6.45) is 1.20. The first-order valence-electron chi connectivity index (χ1n) is 4.70. The highest BCUT2D eigenvalue weighted by molar-refractivity contribution is 6.29. The lowest BCUT2D eigenvalue weighted by Crippen LogP contribution is -2.23. The minimum absolute atomic E-state index is 0.181. The van der Waals surface area contributed by atoms with Crippen LogP contribution >= 0.6 is 11.6 Å². The number of carbonyl (C=O) groups excluding carboxylic acids is 2. The van der Waals surface area contributed by atoms with E-state index in [-0.39, 0.29) is 23.2 Å². The minimum Gasteiger partial charge on any atom is -0.465 e. The van der Waals surface area contributed by atoms with Gasteiger partial charge < -0.3 is 4.74 Å². The summed E-state index contributed by atoms with van der Waals surface area (Å²) in [5.74, 6) is -1.99. The monoisotopic (exact) mass is 242 g/mol. The Bertz CT molecular complexity index is 409. The molecule has 1 aromatic heterocycles. The van der Waals surface area contributed by atoms with Gasteiger partial charge in [0.15, 0.2) is 5.92 Å². The molecular formula is C10H11ClN2O3. The Balaban J connectivity index is 3.03. The lowest BCUT2D eigenvalue weighted by atomic mass is 10.0. The van der Waals surface area contributed by atoms with Crippen molar-refractivity contribution >= 4 is 23.4 Å². The second-order valence-corrected chi connectivity index (χ2v) is 3.45. The van der Waals surface area contributed by atoms with E-state index >= 15 is 0 Å². The van der Waals surface area contributed by atoms with Gasteiger partial charge in [0.25, 0.3) is 0 Å². The van der Waals surface area contributed by atoms with E-state index in [2.05, 4.69) is 9.97 Å². The average molecular weight is 243 g/mol. The first-order valence-corrected chi connectivity index (χ1v) is 5.08. The van der Waals surface area contributed by atoms with E-state index in [1.807, 2.05) is 0 Å². The van der Waals surface area contributed by atoms with Crippen LogP contribution < -0.4 is 0 Å². The van der Waals surface area contributed by atoms with Gasteiger partial charge in [0.05, 0.1) is 12.3 Å². The highest BCUT2D eigenvalue weighted by atomic mass is 35.5. The number of esters is 1. The molecule has 0 aromatic carbocycles. The van der Waals surface area contributed by atoms with Gasteiger partial charge in [-0.2, -0.15) is 0 Å². The predicted octanol–water partition coefficient (Wildman–Crippen LogP) is 1.37. The Morgan fingerprint density at radius 1 is 1.50 bits per heavy atom. The average Bonchev–Trinajstić information content (AvgIpc) is 2.17. The van der Waals surface area contributed by atoms with Crippen LogP contribution in [0.15, 0.2) is 12.4 Å². The zero-order valence-corrected chi connectivity index (χ0v) is 9.69. The Labute approximate surface area is 97.8 Å². The molecule has 6 heteroatoms. The Hall–Kier alpha value is -1.49. The number of nitrogens with zero attached hydrogens (tertiary/aromatic N) is 2. The summed E-state index contributed by atoms with van der Waals surface area (Å²) >= 11 is 5.66. The number of Topliss-reactive ketones (excluding diaryl/α,β-unsaturated/α-hetero) is 1. The fourth-order valence-electron chi connectivity index (χ4n) is 1.23. The summed E-state index contributed by atoms with van der Waals surface area (Å²) in [4.78, 5) is 30.4. The van der Waals surface area contributed by atoms with Crippen LogP contribution in [-0.4, -0.2) is 28.3 Å².